The highest BCUT2D eigenvalue weighted by Crippen LogP contribution is 2.34. The Bertz CT molecular complexity index is 577. The van der Waals surface area contributed by atoms with E-state index in [-0.39, 0.29) is 0 Å². The van der Waals surface area contributed by atoms with Gasteiger partial charge in [0, 0.05) is 43.9 Å². The monoisotopic (exact) mass is 257 g/mol. The van der Waals surface area contributed by atoms with E-state index in [1.165, 1.54) is 35.0 Å². The van der Waals surface area contributed by atoms with E-state index in [0.717, 1.165) is 13.1 Å². The zero-order valence-corrected chi connectivity index (χ0v) is 12.1. The fraction of sp³-hybridized carbons (Fsp3) is 0.500. The molecule has 1 aliphatic rings. The van der Waals surface area contributed by atoms with Crippen LogP contribution < -0.4 is 10.2 Å². The van der Waals surface area contributed by atoms with Crippen LogP contribution in [0.15, 0.2) is 24.4 Å². The molecule has 1 N–H and O–H groups in total. The number of nitrogens with one attached hydrogen (secondary N) is 1. The van der Waals surface area contributed by atoms with Crippen LogP contribution in [0.2, 0.25) is 0 Å². The summed E-state index contributed by atoms with van der Waals surface area (Å²) < 4.78 is 2.27. The normalized spacial score (nSPS) is 17.0. The fourth-order valence-corrected chi connectivity index (χ4v) is 3.15. The quantitative estimate of drug-likeness (QED) is 0.892. The number of benzene rings is 1. The molecular formula is C16H23N3. The van der Waals surface area contributed by atoms with Gasteiger partial charge in [-0.1, -0.05) is 0 Å². The maximum atomic E-state index is 3.45. The lowest BCUT2D eigenvalue weighted by Crippen LogP contribution is -2.26. The van der Waals surface area contributed by atoms with Crippen LogP contribution in [-0.2, 0) is 7.05 Å². The van der Waals surface area contributed by atoms with Gasteiger partial charge in [-0.05, 0) is 55.6 Å². The molecule has 0 unspecified atom stereocenters. The van der Waals surface area contributed by atoms with Crippen LogP contribution in [0.5, 0.6) is 0 Å². The first kappa shape index (κ1) is 12.5. The summed E-state index contributed by atoms with van der Waals surface area (Å²) in [6.45, 7) is 2.29. The standard InChI is InChI=1S/C16H23N3/c1-18(2)13-4-5-16-14(10-13)15(11-19(16)3)12-6-8-17-9-7-12/h4-5,10-12,17H,6-9H2,1-3H3. The largest absolute Gasteiger partial charge is 0.378 e. The van der Waals surface area contributed by atoms with Crippen molar-refractivity contribution in [2.24, 2.45) is 7.05 Å². The summed E-state index contributed by atoms with van der Waals surface area (Å²) in [5, 5.41) is 4.89. The molecule has 0 saturated carbocycles. The first-order valence-corrected chi connectivity index (χ1v) is 7.14. The van der Waals surface area contributed by atoms with Crippen molar-refractivity contribution in [3.05, 3.63) is 30.0 Å². The van der Waals surface area contributed by atoms with Crippen LogP contribution in [0.3, 0.4) is 0 Å². The Morgan fingerprint density at radius 1 is 1.21 bits per heavy atom. The molecule has 1 saturated heterocycles. The summed E-state index contributed by atoms with van der Waals surface area (Å²) in [4.78, 5) is 2.18. The highest BCUT2D eigenvalue weighted by Gasteiger charge is 2.19. The van der Waals surface area contributed by atoms with Gasteiger partial charge in [-0.15, -0.1) is 0 Å². The molecular weight excluding hydrogens is 234 g/mol. The number of fused-ring (bicyclic) bond motifs is 1. The van der Waals surface area contributed by atoms with Crippen LogP contribution in [0, 0.1) is 0 Å². The first-order chi connectivity index (χ1) is 9.16. The van der Waals surface area contributed by atoms with E-state index in [1.54, 1.807) is 0 Å². The maximum Gasteiger partial charge on any atom is 0.0482 e. The Labute approximate surface area is 115 Å². The van der Waals surface area contributed by atoms with Crippen LogP contribution in [0.25, 0.3) is 10.9 Å². The zero-order valence-electron chi connectivity index (χ0n) is 12.1. The fourth-order valence-electron chi connectivity index (χ4n) is 3.15. The molecule has 3 nitrogen and oxygen atoms in total. The molecule has 102 valence electrons. The number of aryl methyl sites for hydroxylation is 1. The van der Waals surface area contributed by atoms with Gasteiger partial charge >= 0.3 is 0 Å². The second kappa shape index (κ2) is 4.89. The van der Waals surface area contributed by atoms with E-state index in [9.17, 15) is 0 Å². The topological polar surface area (TPSA) is 20.2 Å². The SMILES string of the molecule is CN(C)c1ccc2c(c1)c(C1CCNCC1)cn2C. The minimum absolute atomic E-state index is 0.711. The second-order valence-corrected chi connectivity index (χ2v) is 5.82. The molecule has 19 heavy (non-hydrogen) atoms. The summed E-state index contributed by atoms with van der Waals surface area (Å²) in [5.74, 6) is 0.711. The summed E-state index contributed by atoms with van der Waals surface area (Å²) in [5.41, 5.74) is 4.16. The van der Waals surface area contributed by atoms with Gasteiger partial charge in [0.2, 0.25) is 0 Å². The number of aromatic nitrogens is 1. The van der Waals surface area contributed by atoms with E-state index >= 15 is 0 Å². The Morgan fingerprint density at radius 2 is 1.95 bits per heavy atom. The number of anilines is 1. The van der Waals surface area contributed by atoms with Gasteiger partial charge in [0.15, 0.2) is 0 Å². The minimum Gasteiger partial charge on any atom is -0.378 e. The van der Waals surface area contributed by atoms with Crippen molar-refractivity contribution >= 4 is 16.6 Å². The average molecular weight is 257 g/mol. The lowest BCUT2D eigenvalue weighted by molar-refractivity contribution is 0.462. The smallest absolute Gasteiger partial charge is 0.0482 e. The zero-order chi connectivity index (χ0) is 13.4. The molecule has 0 aliphatic carbocycles. The van der Waals surface area contributed by atoms with E-state index in [2.05, 4.69) is 60.3 Å². The summed E-state index contributed by atoms with van der Waals surface area (Å²) >= 11 is 0. The predicted octanol–water partition coefficient (Wildman–Crippen LogP) is 2.71. The van der Waals surface area contributed by atoms with Gasteiger partial charge in [-0.25, -0.2) is 0 Å². The van der Waals surface area contributed by atoms with Crippen molar-refractivity contribution in [1.82, 2.24) is 9.88 Å². The van der Waals surface area contributed by atoms with Crippen LogP contribution in [0.4, 0.5) is 5.69 Å². The predicted molar refractivity (Wildman–Crippen MR) is 82.1 cm³/mol. The molecule has 0 amide bonds. The number of hydrogen-bond acceptors (Lipinski definition) is 2. The molecule has 1 aliphatic heterocycles. The Balaban J connectivity index is 2.09. The Morgan fingerprint density at radius 3 is 2.63 bits per heavy atom. The van der Waals surface area contributed by atoms with Crippen molar-refractivity contribution in [3.63, 3.8) is 0 Å². The molecule has 1 fully saturated rings. The lowest BCUT2D eigenvalue weighted by atomic mass is 9.90. The molecule has 3 rings (SSSR count). The van der Waals surface area contributed by atoms with Crippen LogP contribution in [0.1, 0.15) is 24.3 Å². The third-order valence-electron chi connectivity index (χ3n) is 4.30. The van der Waals surface area contributed by atoms with E-state index in [1.807, 2.05) is 0 Å². The molecule has 0 bridgehead atoms. The minimum atomic E-state index is 0.711. The summed E-state index contributed by atoms with van der Waals surface area (Å²) in [6.07, 6.45) is 4.84. The average Bonchev–Trinajstić information content (AvgIpc) is 2.77. The van der Waals surface area contributed by atoms with Gasteiger partial charge in [0.05, 0.1) is 0 Å². The molecule has 1 aromatic carbocycles. The molecule has 0 atom stereocenters. The van der Waals surface area contributed by atoms with Gasteiger partial charge < -0.3 is 14.8 Å². The third-order valence-corrected chi connectivity index (χ3v) is 4.30. The molecule has 2 heterocycles. The molecule has 3 heteroatoms. The Hall–Kier alpha value is -1.48. The lowest BCUT2D eigenvalue weighted by Gasteiger charge is -2.22. The second-order valence-electron chi connectivity index (χ2n) is 5.82. The van der Waals surface area contributed by atoms with Crippen LogP contribution in [-0.4, -0.2) is 31.8 Å². The molecule has 0 spiro atoms. The Kier molecular flexibility index (Phi) is 3.23. The van der Waals surface area contributed by atoms with Crippen molar-refractivity contribution < 1.29 is 0 Å². The maximum absolute atomic E-state index is 3.45. The molecule has 2 aromatic rings. The van der Waals surface area contributed by atoms with E-state index in [0.29, 0.717) is 5.92 Å². The number of nitrogens with zero attached hydrogens (tertiary/aromatic N) is 2. The van der Waals surface area contributed by atoms with Gasteiger partial charge in [0.25, 0.3) is 0 Å². The first-order valence-electron chi connectivity index (χ1n) is 7.14. The van der Waals surface area contributed by atoms with Crippen molar-refractivity contribution in [2.75, 3.05) is 32.1 Å². The molecule has 1 aromatic heterocycles. The third kappa shape index (κ3) is 2.23. The number of piperidine rings is 1. The summed E-state index contributed by atoms with van der Waals surface area (Å²) in [7, 11) is 6.37. The van der Waals surface area contributed by atoms with Crippen LogP contribution >= 0.6 is 0 Å². The van der Waals surface area contributed by atoms with Gasteiger partial charge in [0.1, 0.15) is 0 Å². The van der Waals surface area contributed by atoms with Gasteiger partial charge in [-0.3, -0.25) is 0 Å². The van der Waals surface area contributed by atoms with Gasteiger partial charge in [-0.2, -0.15) is 0 Å². The van der Waals surface area contributed by atoms with Crippen molar-refractivity contribution in [1.29, 1.82) is 0 Å². The van der Waals surface area contributed by atoms with Crippen molar-refractivity contribution in [2.45, 2.75) is 18.8 Å². The highest BCUT2D eigenvalue weighted by molar-refractivity contribution is 5.87. The summed E-state index contributed by atoms with van der Waals surface area (Å²) in [6, 6.07) is 6.79. The highest BCUT2D eigenvalue weighted by atomic mass is 15.1. The molecule has 0 radical (unpaired) electrons. The van der Waals surface area contributed by atoms with E-state index < -0.39 is 0 Å². The number of rotatable bonds is 2. The van der Waals surface area contributed by atoms with E-state index in [4.69, 9.17) is 0 Å². The van der Waals surface area contributed by atoms with Crippen molar-refractivity contribution in [3.8, 4) is 0 Å². The number of hydrogen-bond donors (Lipinski definition) is 1.